The van der Waals surface area contributed by atoms with Crippen molar-refractivity contribution in [3.63, 3.8) is 0 Å². The molecule has 6 nitrogen and oxygen atoms in total. The molecule has 0 amide bonds. The Morgan fingerprint density at radius 1 is 1.39 bits per heavy atom. The van der Waals surface area contributed by atoms with Gasteiger partial charge in [0.05, 0.1) is 10.9 Å². The molecule has 2 aromatic rings. The van der Waals surface area contributed by atoms with Crippen LogP contribution in [-0.4, -0.2) is 41.9 Å². The van der Waals surface area contributed by atoms with E-state index in [0.717, 1.165) is 15.9 Å². The number of piperazine rings is 1. The van der Waals surface area contributed by atoms with Crippen LogP contribution >= 0.6 is 15.9 Å². The molecular formula is C15H19BrN4O2S. The first kappa shape index (κ1) is 16.6. The summed E-state index contributed by atoms with van der Waals surface area (Å²) in [6, 6.07) is 5.02. The molecule has 2 heterocycles. The van der Waals surface area contributed by atoms with E-state index in [4.69, 9.17) is 0 Å². The smallest absolute Gasteiger partial charge is 0.244 e. The second-order valence-electron chi connectivity index (χ2n) is 5.64. The van der Waals surface area contributed by atoms with Crippen LogP contribution in [0, 0.1) is 6.92 Å². The Labute approximate surface area is 144 Å². The maximum absolute atomic E-state index is 13.2. The highest BCUT2D eigenvalue weighted by Gasteiger charge is 2.37. The van der Waals surface area contributed by atoms with Crippen molar-refractivity contribution in [1.29, 1.82) is 0 Å². The van der Waals surface area contributed by atoms with E-state index < -0.39 is 10.0 Å². The van der Waals surface area contributed by atoms with Gasteiger partial charge in [0.1, 0.15) is 5.82 Å². The van der Waals surface area contributed by atoms with Crippen LogP contribution in [-0.2, 0) is 17.1 Å². The minimum Gasteiger partial charge on any atom is -0.337 e. The maximum Gasteiger partial charge on any atom is 0.244 e. The van der Waals surface area contributed by atoms with Gasteiger partial charge in [-0.15, -0.1) is 0 Å². The summed E-state index contributed by atoms with van der Waals surface area (Å²) in [4.78, 5) is 4.69. The van der Waals surface area contributed by atoms with Gasteiger partial charge in [0, 0.05) is 43.5 Å². The summed E-state index contributed by atoms with van der Waals surface area (Å²) in [5.74, 6) is 0.744. The largest absolute Gasteiger partial charge is 0.337 e. The third kappa shape index (κ3) is 3.08. The van der Waals surface area contributed by atoms with Crippen molar-refractivity contribution in [2.24, 2.45) is 7.05 Å². The molecule has 0 radical (unpaired) electrons. The third-order valence-corrected chi connectivity index (χ3v) is 6.63. The summed E-state index contributed by atoms with van der Waals surface area (Å²) >= 11 is 3.37. The molecule has 1 atom stereocenters. The quantitative estimate of drug-likeness (QED) is 0.855. The summed E-state index contributed by atoms with van der Waals surface area (Å²) in [5.41, 5.74) is 0.741. The molecule has 1 N–H and O–H groups in total. The lowest BCUT2D eigenvalue weighted by Crippen LogP contribution is -2.49. The molecule has 0 spiro atoms. The van der Waals surface area contributed by atoms with Gasteiger partial charge in [-0.05, 0) is 24.6 Å². The van der Waals surface area contributed by atoms with Crippen LogP contribution in [0.15, 0.2) is 40.0 Å². The molecule has 23 heavy (non-hydrogen) atoms. The first-order chi connectivity index (χ1) is 10.9. The number of benzene rings is 1. The van der Waals surface area contributed by atoms with E-state index in [-0.39, 0.29) is 6.04 Å². The predicted molar refractivity (Wildman–Crippen MR) is 91.6 cm³/mol. The molecule has 1 aliphatic heterocycles. The Balaban J connectivity index is 2.06. The highest BCUT2D eigenvalue weighted by atomic mass is 79.9. The predicted octanol–water partition coefficient (Wildman–Crippen LogP) is 1.83. The molecule has 1 fully saturated rings. The van der Waals surface area contributed by atoms with E-state index in [1.54, 1.807) is 16.6 Å². The fourth-order valence-electron chi connectivity index (χ4n) is 2.87. The average Bonchev–Trinajstić information content (AvgIpc) is 2.95. The highest BCUT2D eigenvalue weighted by molar-refractivity contribution is 9.10. The van der Waals surface area contributed by atoms with Gasteiger partial charge in [0.15, 0.2) is 0 Å². The number of nitrogens with one attached hydrogen (secondary N) is 1. The SMILES string of the molecule is Cc1ccc(Br)cc1S(=O)(=O)N1CCNCC1c1nccn1C. The van der Waals surface area contributed by atoms with E-state index in [2.05, 4.69) is 26.2 Å². The number of rotatable bonds is 3. The lowest BCUT2D eigenvalue weighted by atomic mass is 10.2. The number of aryl methyl sites for hydroxylation is 2. The Morgan fingerprint density at radius 3 is 2.87 bits per heavy atom. The maximum atomic E-state index is 13.2. The van der Waals surface area contributed by atoms with Crippen molar-refractivity contribution < 1.29 is 8.42 Å². The second kappa shape index (κ2) is 6.35. The molecule has 1 saturated heterocycles. The topological polar surface area (TPSA) is 67.2 Å². The van der Waals surface area contributed by atoms with Crippen LogP contribution < -0.4 is 5.32 Å². The van der Waals surface area contributed by atoms with Crippen molar-refractivity contribution in [3.05, 3.63) is 46.5 Å². The summed E-state index contributed by atoms with van der Waals surface area (Å²) in [6.45, 7) is 3.42. The van der Waals surface area contributed by atoms with Crippen LogP contribution in [0.1, 0.15) is 17.4 Å². The Morgan fingerprint density at radius 2 is 2.17 bits per heavy atom. The van der Waals surface area contributed by atoms with Gasteiger partial charge in [0.25, 0.3) is 0 Å². The van der Waals surface area contributed by atoms with Crippen LogP contribution in [0.25, 0.3) is 0 Å². The van der Waals surface area contributed by atoms with Gasteiger partial charge in [-0.2, -0.15) is 4.31 Å². The van der Waals surface area contributed by atoms with Gasteiger partial charge in [-0.25, -0.2) is 13.4 Å². The van der Waals surface area contributed by atoms with E-state index in [9.17, 15) is 8.42 Å². The molecule has 0 bridgehead atoms. The molecule has 1 aromatic heterocycles. The van der Waals surface area contributed by atoms with Crippen molar-refractivity contribution in [3.8, 4) is 0 Å². The minimum atomic E-state index is -3.60. The summed E-state index contributed by atoms with van der Waals surface area (Å²) in [7, 11) is -1.72. The summed E-state index contributed by atoms with van der Waals surface area (Å²) < 4.78 is 30.6. The number of halogens is 1. The Bertz CT molecular complexity index is 819. The van der Waals surface area contributed by atoms with Crippen LogP contribution in [0.2, 0.25) is 0 Å². The zero-order chi connectivity index (χ0) is 16.6. The fourth-order valence-corrected chi connectivity index (χ4v) is 5.22. The van der Waals surface area contributed by atoms with Crippen LogP contribution in [0.5, 0.6) is 0 Å². The number of sulfonamides is 1. The van der Waals surface area contributed by atoms with E-state index in [0.29, 0.717) is 24.5 Å². The molecular weight excluding hydrogens is 380 g/mol. The van der Waals surface area contributed by atoms with Gasteiger partial charge < -0.3 is 9.88 Å². The first-order valence-corrected chi connectivity index (χ1v) is 9.60. The molecule has 1 aromatic carbocycles. The zero-order valence-electron chi connectivity index (χ0n) is 13.0. The molecule has 3 rings (SSSR count). The van der Waals surface area contributed by atoms with Gasteiger partial charge in [-0.3, -0.25) is 0 Å². The van der Waals surface area contributed by atoms with Crippen molar-refractivity contribution in [1.82, 2.24) is 19.2 Å². The molecule has 124 valence electrons. The highest BCUT2D eigenvalue weighted by Crippen LogP contribution is 2.30. The van der Waals surface area contributed by atoms with E-state index >= 15 is 0 Å². The number of hydrogen-bond donors (Lipinski definition) is 1. The average molecular weight is 399 g/mol. The molecule has 1 aliphatic rings. The van der Waals surface area contributed by atoms with Gasteiger partial charge in [0.2, 0.25) is 10.0 Å². The van der Waals surface area contributed by atoms with Crippen LogP contribution in [0.3, 0.4) is 0 Å². The lowest BCUT2D eigenvalue weighted by Gasteiger charge is -2.35. The minimum absolute atomic E-state index is 0.313. The number of nitrogens with zero attached hydrogens (tertiary/aromatic N) is 3. The zero-order valence-corrected chi connectivity index (χ0v) is 15.4. The molecule has 0 saturated carbocycles. The second-order valence-corrected chi connectivity index (χ2v) is 8.42. The number of aromatic nitrogens is 2. The van der Waals surface area contributed by atoms with Gasteiger partial charge >= 0.3 is 0 Å². The molecule has 1 unspecified atom stereocenters. The Hall–Kier alpha value is -1.22. The number of imidazole rings is 1. The van der Waals surface area contributed by atoms with E-state index in [1.807, 2.05) is 36.9 Å². The van der Waals surface area contributed by atoms with Crippen molar-refractivity contribution in [2.75, 3.05) is 19.6 Å². The Kier molecular flexibility index (Phi) is 4.59. The van der Waals surface area contributed by atoms with Crippen LogP contribution in [0.4, 0.5) is 0 Å². The molecule has 0 aliphatic carbocycles. The third-order valence-electron chi connectivity index (χ3n) is 4.09. The van der Waals surface area contributed by atoms with E-state index in [1.165, 1.54) is 0 Å². The lowest BCUT2D eigenvalue weighted by molar-refractivity contribution is 0.258. The van der Waals surface area contributed by atoms with Crippen molar-refractivity contribution in [2.45, 2.75) is 17.9 Å². The monoisotopic (exact) mass is 398 g/mol. The first-order valence-electron chi connectivity index (χ1n) is 7.37. The normalized spacial score (nSPS) is 19.9. The standard InChI is InChI=1S/C15H19BrN4O2S/c1-11-3-4-12(16)9-14(11)23(21,22)20-8-5-17-10-13(20)15-18-6-7-19(15)2/h3-4,6-7,9,13,17H,5,8,10H2,1-2H3. The van der Waals surface area contributed by atoms with Crippen molar-refractivity contribution >= 4 is 26.0 Å². The molecule has 8 heteroatoms. The van der Waals surface area contributed by atoms with Gasteiger partial charge in [-0.1, -0.05) is 22.0 Å². The summed E-state index contributed by atoms with van der Waals surface area (Å²) in [5, 5.41) is 3.26. The fraction of sp³-hybridized carbons (Fsp3) is 0.400. The number of hydrogen-bond acceptors (Lipinski definition) is 4. The summed E-state index contributed by atoms with van der Waals surface area (Å²) in [6.07, 6.45) is 3.53.